The summed E-state index contributed by atoms with van der Waals surface area (Å²) >= 11 is 0. The highest BCUT2D eigenvalue weighted by molar-refractivity contribution is 6.11. The molecule has 1 aliphatic rings. The Kier molecular flexibility index (Phi) is 6.01. The maximum absolute atomic E-state index is 2.53. The van der Waals surface area contributed by atoms with Crippen LogP contribution < -0.4 is 0 Å². The van der Waals surface area contributed by atoms with Crippen LogP contribution in [-0.2, 0) is 5.41 Å². The van der Waals surface area contributed by atoms with E-state index in [1.165, 1.54) is 88.6 Å². The van der Waals surface area contributed by atoms with Gasteiger partial charge < -0.3 is 13.7 Å². The average molecular weight is 666 g/mol. The molecule has 0 atom stereocenters. The van der Waals surface area contributed by atoms with Gasteiger partial charge in [-0.1, -0.05) is 123 Å². The van der Waals surface area contributed by atoms with Gasteiger partial charge >= 0.3 is 0 Å². The van der Waals surface area contributed by atoms with Crippen LogP contribution in [-0.4, -0.2) is 13.7 Å². The lowest BCUT2D eigenvalue weighted by Crippen LogP contribution is -2.14. The molecular weight excluding hydrogens is 631 g/mol. The molecule has 0 N–H and O–H groups in total. The molecule has 11 rings (SSSR count). The first kappa shape index (κ1) is 29.2. The van der Waals surface area contributed by atoms with Gasteiger partial charge in [0.25, 0.3) is 0 Å². The first-order chi connectivity index (χ1) is 25.6. The third-order valence-electron chi connectivity index (χ3n) is 11.4. The van der Waals surface area contributed by atoms with Crippen molar-refractivity contribution in [2.24, 2.45) is 0 Å². The summed E-state index contributed by atoms with van der Waals surface area (Å²) in [6.07, 6.45) is 0. The smallest absolute Gasteiger partial charge is 0.0753 e. The number of hydrogen-bond acceptors (Lipinski definition) is 0. The third kappa shape index (κ3) is 3.91. The molecule has 0 bridgehead atoms. The van der Waals surface area contributed by atoms with Gasteiger partial charge in [-0.25, -0.2) is 0 Å². The average Bonchev–Trinajstić information content (AvgIpc) is 3.90. The van der Waals surface area contributed by atoms with Crippen LogP contribution in [0.1, 0.15) is 25.0 Å². The zero-order chi connectivity index (χ0) is 34.6. The number of hydrogen-bond donors (Lipinski definition) is 0. The van der Waals surface area contributed by atoms with Gasteiger partial charge in [0.15, 0.2) is 0 Å². The minimum absolute atomic E-state index is 0.204. The van der Waals surface area contributed by atoms with Crippen LogP contribution in [0.5, 0.6) is 0 Å². The van der Waals surface area contributed by atoms with Crippen molar-refractivity contribution in [1.29, 1.82) is 0 Å². The summed E-state index contributed by atoms with van der Waals surface area (Å²) < 4.78 is 7.40. The second-order valence-corrected chi connectivity index (χ2v) is 14.6. The van der Waals surface area contributed by atoms with Crippen LogP contribution in [0.2, 0.25) is 0 Å². The highest BCUT2D eigenvalue weighted by Crippen LogP contribution is 2.57. The quantitative estimate of drug-likeness (QED) is 0.178. The summed E-state index contributed by atoms with van der Waals surface area (Å²) in [6.45, 7) is 4.82. The number of nitrogens with zero attached hydrogens (tertiary/aromatic N) is 3. The van der Waals surface area contributed by atoms with E-state index in [4.69, 9.17) is 0 Å². The largest absolute Gasteiger partial charge is 0.309 e. The number of fused-ring (bicyclic) bond motifs is 10. The van der Waals surface area contributed by atoms with Crippen molar-refractivity contribution in [3.8, 4) is 39.6 Å². The van der Waals surface area contributed by atoms with Crippen molar-refractivity contribution in [1.82, 2.24) is 13.7 Å². The number of rotatable bonds is 4. The van der Waals surface area contributed by atoms with Crippen molar-refractivity contribution in [2.75, 3.05) is 0 Å². The molecular formula is C49H35N3. The van der Waals surface area contributed by atoms with E-state index in [9.17, 15) is 0 Å². The number of para-hydroxylation sites is 5. The Morgan fingerprint density at radius 3 is 1.38 bits per heavy atom. The second-order valence-electron chi connectivity index (χ2n) is 14.6. The first-order valence-corrected chi connectivity index (χ1v) is 18.1. The van der Waals surface area contributed by atoms with Gasteiger partial charge in [-0.05, 0) is 89.0 Å². The Morgan fingerprint density at radius 2 is 0.769 bits per heavy atom. The van der Waals surface area contributed by atoms with Crippen LogP contribution in [0.3, 0.4) is 0 Å². The van der Waals surface area contributed by atoms with E-state index in [0.29, 0.717) is 0 Å². The molecule has 0 amide bonds. The first-order valence-electron chi connectivity index (χ1n) is 18.1. The Labute approximate surface area is 302 Å². The Hall–Kier alpha value is -6.58. The van der Waals surface area contributed by atoms with Crippen LogP contribution in [0.15, 0.2) is 176 Å². The van der Waals surface area contributed by atoms with Crippen LogP contribution in [0.25, 0.3) is 83.2 Å². The van der Waals surface area contributed by atoms with Crippen molar-refractivity contribution < 1.29 is 0 Å². The molecule has 0 unspecified atom stereocenters. The molecule has 0 saturated heterocycles. The minimum Gasteiger partial charge on any atom is -0.309 e. The van der Waals surface area contributed by atoms with Crippen LogP contribution in [0.4, 0.5) is 0 Å². The predicted octanol–water partition coefficient (Wildman–Crippen LogP) is 12.6. The lowest BCUT2D eigenvalue weighted by molar-refractivity contribution is 0.672. The topological polar surface area (TPSA) is 14.8 Å². The normalized spacial score (nSPS) is 13.3. The van der Waals surface area contributed by atoms with E-state index < -0.39 is 0 Å². The van der Waals surface area contributed by atoms with Gasteiger partial charge in [0, 0.05) is 44.0 Å². The molecule has 3 heteroatoms. The zero-order valence-electron chi connectivity index (χ0n) is 29.1. The van der Waals surface area contributed by atoms with Gasteiger partial charge in [-0.3, -0.25) is 0 Å². The highest BCUT2D eigenvalue weighted by Gasteiger charge is 2.45. The molecule has 52 heavy (non-hydrogen) atoms. The zero-order valence-corrected chi connectivity index (χ0v) is 29.1. The lowest BCUT2D eigenvalue weighted by atomic mass is 9.81. The fourth-order valence-corrected chi connectivity index (χ4v) is 9.26. The van der Waals surface area contributed by atoms with Crippen molar-refractivity contribution >= 4 is 43.6 Å². The molecule has 0 saturated carbocycles. The van der Waals surface area contributed by atoms with Gasteiger partial charge in [0.2, 0.25) is 0 Å². The molecule has 3 heterocycles. The Morgan fingerprint density at radius 1 is 0.327 bits per heavy atom. The molecule has 246 valence electrons. The Balaban J connectivity index is 1.16. The molecule has 7 aromatic carbocycles. The minimum atomic E-state index is -0.204. The fourth-order valence-electron chi connectivity index (χ4n) is 9.26. The van der Waals surface area contributed by atoms with E-state index >= 15 is 0 Å². The van der Waals surface area contributed by atoms with E-state index in [1.54, 1.807) is 0 Å². The van der Waals surface area contributed by atoms with Gasteiger partial charge in [0.05, 0.1) is 33.5 Å². The summed E-state index contributed by atoms with van der Waals surface area (Å²) in [5.41, 5.74) is 16.0. The van der Waals surface area contributed by atoms with Gasteiger partial charge in [-0.15, -0.1) is 0 Å². The molecule has 0 spiro atoms. The summed E-state index contributed by atoms with van der Waals surface area (Å²) in [7, 11) is 0. The second kappa shape index (κ2) is 10.7. The molecule has 1 aliphatic carbocycles. The maximum atomic E-state index is 2.53. The van der Waals surface area contributed by atoms with Crippen LogP contribution >= 0.6 is 0 Å². The number of benzene rings is 7. The summed E-state index contributed by atoms with van der Waals surface area (Å²) in [5, 5.41) is 5.14. The molecule has 10 aromatic rings. The molecule has 0 radical (unpaired) electrons. The van der Waals surface area contributed by atoms with Gasteiger partial charge in [-0.2, -0.15) is 0 Å². The SMILES string of the molecule is CC1(C)c2c(n(-c3ccccc3)c3ccccc23)-c2c1c1ccccc1n2-c1cccc(-c2ccc3c(c2)c2ccccc2n3-c2ccccc2)c1. The molecule has 3 aromatic heterocycles. The van der Waals surface area contributed by atoms with Crippen molar-refractivity contribution in [3.63, 3.8) is 0 Å². The number of aromatic nitrogens is 3. The van der Waals surface area contributed by atoms with Crippen molar-refractivity contribution in [2.45, 2.75) is 19.3 Å². The summed E-state index contributed by atoms with van der Waals surface area (Å²) in [5.74, 6) is 0. The lowest BCUT2D eigenvalue weighted by Gasteiger charge is -2.20. The fraction of sp³-hybridized carbons (Fsp3) is 0.0612. The molecule has 3 nitrogen and oxygen atoms in total. The predicted molar refractivity (Wildman–Crippen MR) is 217 cm³/mol. The monoisotopic (exact) mass is 665 g/mol. The van der Waals surface area contributed by atoms with Gasteiger partial charge in [0.1, 0.15) is 0 Å². The van der Waals surface area contributed by atoms with Crippen LogP contribution in [0, 0.1) is 0 Å². The van der Waals surface area contributed by atoms with E-state index in [-0.39, 0.29) is 5.41 Å². The summed E-state index contributed by atoms with van der Waals surface area (Å²) in [6, 6.07) is 64.3. The summed E-state index contributed by atoms with van der Waals surface area (Å²) in [4.78, 5) is 0. The third-order valence-corrected chi connectivity index (χ3v) is 11.4. The standard InChI is InChI=1S/C49H35N3/c1-49(2)45-38-23-10-13-26-42(38)51(35-19-7-4-8-20-35)47(45)48-46(49)39-24-11-14-27-43(39)52(48)36-21-15-16-32(30-36)33-28-29-44-40(31-33)37-22-9-12-25-41(37)50(44)34-17-5-3-6-18-34/h3-31H,1-2H3. The molecule has 0 aliphatic heterocycles. The highest BCUT2D eigenvalue weighted by atomic mass is 15.1. The van der Waals surface area contributed by atoms with E-state index in [1.807, 2.05) is 0 Å². The molecule has 0 fully saturated rings. The Bertz CT molecular complexity index is 3030. The van der Waals surface area contributed by atoms with E-state index in [2.05, 4.69) is 203 Å². The van der Waals surface area contributed by atoms with Crippen molar-refractivity contribution in [3.05, 3.63) is 187 Å². The maximum Gasteiger partial charge on any atom is 0.0753 e. The van der Waals surface area contributed by atoms with E-state index in [0.717, 1.165) is 5.69 Å².